The summed E-state index contributed by atoms with van der Waals surface area (Å²) in [5.74, 6) is 1.26. The molecule has 0 saturated heterocycles. The van der Waals surface area contributed by atoms with Crippen molar-refractivity contribution in [2.75, 3.05) is 0 Å². The molecule has 2 nitrogen and oxygen atoms in total. The van der Waals surface area contributed by atoms with E-state index in [-0.39, 0.29) is 17.0 Å². The van der Waals surface area contributed by atoms with Crippen LogP contribution in [-0.4, -0.2) is 11.6 Å². The summed E-state index contributed by atoms with van der Waals surface area (Å²) < 4.78 is 0. The topological polar surface area (TPSA) is 34.1 Å². The Morgan fingerprint density at radius 1 is 0.828 bits per heavy atom. The Kier molecular flexibility index (Phi) is 7.30. The number of fused-ring (bicyclic) bond motifs is 1. The van der Waals surface area contributed by atoms with Gasteiger partial charge in [-0.05, 0) is 48.9 Å². The summed E-state index contributed by atoms with van der Waals surface area (Å²) in [6.07, 6.45) is 5.32. The molecule has 0 bridgehead atoms. The molecule has 1 aliphatic rings. The summed E-state index contributed by atoms with van der Waals surface area (Å²) in [5, 5.41) is 0. The molecule has 1 aromatic rings. The molecule has 0 fully saturated rings. The Morgan fingerprint density at radius 2 is 1.38 bits per heavy atom. The predicted molar refractivity (Wildman–Crippen MR) is 122 cm³/mol. The normalized spacial score (nSPS) is 17.4. The molecule has 0 heterocycles. The van der Waals surface area contributed by atoms with E-state index in [1.807, 2.05) is 19.1 Å². The van der Waals surface area contributed by atoms with Crippen LogP contribution in [0.5, 0.6) is 0 Å². The van der Waals surface area contributed by atoms with Crippen molar-refractivity contribution in [1.29, 1.82) is 0 Å². The van der Waals surface area contributed by atoms with E-state index in [1.54, 1.807) is 12.1 Å². The molecule has 0 N–H and O–H groups in total. The van der Waals surface area contributed by atoms with E-state index in [0.29, 0.717) is 40.4 Å². The molecule has 2 unspecified atom stereocenters. The highest BCUT2D eigenvalue weighted by Gasteiger charge is 2.31. The van der Waals surface area contributed by atoms with Gasteiger partial charge in [0.25, 0.3) is 0 Å². The lowest BCUT2D eigenvalue weighted by molar-refractivity contribution is 0.0969. The molecule has 0 spiro atoms. The second kappa shape index (κ2) is 8.98. The first-order valence-corrected chi connectivity index (χ1v) is 11.2. The SMILES string of the molecule is CC1=C(CCC(C)C(C)(C)CCCC(C)C(C)(C)C)C(=O)c2ccccc2C1=O. The minimum absolute atomic E-state index is 0.0123. The van der Waals surface area contributed by atoms with Crippen molar-refractivity contribution in [3.63, 3.8) is 0 Å². The lowest BCUT2D eigenvalue weighted by Gasteiger charge is -2.34. The van der Waals surface area contributed by atoms with Crippen LogP contribution in [0, 0.1) is 22.7 Å². The van der Waals surface area contributed by atoms with Crippen molar-refractivity contribution in [2.24, 2.45) is 22.7 Å². The van der Waals surface area contributed by atoms with Gasteiger partial charge in [0.15, 0.2) is 11.6 Å². The number of carbonyl (C=O) groups excluding carboxylic acids is 2. The first kappa shape index (κ1) is 23.6. The highest BCUT2D eigenvalue weighted by Crippen LogP contribution is 2.39. The monoisotopic (exact) mass is 396 g/mol. The van der Waals surface area contributed by atoms with E-state index in [0.717, 1.165) is 12.0 Å². The highest BCUT2D eigenvalue weighted by atomic mass is 16.1. The van der Waals surface area contributed by atoms with Gasteiger partial charge in [-0.2, -0.15) is 0 Å². The average molecular weight is 397 g/mol. The van der Waals surface area contributed by atoms with Gasteiger partial charge in [0.1, 0.15) is 0 Å². The Hall–Kier alpha value is -1.70. The number of rotatable bonds is 8. The van der Waals surface area contributed by atoms with Crippen molar-refractivity contribution >= 4 is 11.6 Å². The highest BCUT2D eigenvalue weighted by molar-refractivity contribution is 6.26. The van der Waals surface area contributed by atoms with Crippen LogP contribution < -0.4 is 0 Å². The number of ketones is 2. The lowest BCUT2D eigenvalue weighted by atomic mass is 9.71. The molecule has 0 amide bonds. The molecule has 2 atom stereocenters. The third kappa shape index (κ3) is 5.47. The van der Waals surface area contributed by atoms with Crippen LogP contribution in [0.4, 0.5) is 0 Å². The van der Waals surface area contributed by atoms with E-state index < -0.39 is 0 Å². The molecule has 29 heavy (non-hydrogen) atoms. The van der Waals surface area contributed by atoms with Gasteiger partial charge in [-0.3, -0.25) is 9.59 Å². The van der Waals surface area contributed by atoms with Gasteiger partial charge >= 0.3 is 0 Å². The lowest BCUT2D eigenvalue weighted by Crippen LogP contribution is -2.25. The van der Waals surface area contributed by atoms with Gasteiger partial charge < -0.3 is 0 Å². The molecule has 1 aromatic carbocycles. The Bertz CT molecular complexity index is 789. The Balaban J connectivity index is 1.99. The molecule has 0 aromatic heterocycles. The summed E-state index contributed by atoms with van der Waals surface area (Å²) in [6.45, 7) is 18.1. The van der Waals surface area contributed by atoms with Gasteiger partial charge in [0.2, 0.25) is 0 Å². The van der Waals surface area contributed by atoms with Crippen molar-refractivity contribution in [3.8, 4) is 0 Å². The molecule has 1 aliphatic carbocycles. The second-order valence-corrected chi connectivity index (χ2v) is 10.9. The number of carbonyl (C=O) groups is 2. The van der Waals surface area contributed by atoms with E-state index in [4.69, 9.17) is 0 Å². The van der Waals surface area contributed by atoms with Crippen molar-refractivity contribution in [1.82, 2.24) is 0 Å². The van der Waals surface area contributed by atoms with E-state index in [9.17, 15) is 9.59 Å². The molecule has 0 saturated carbocycles. The zero-order chi connectivity index (χ0) is 22.0. The fourth-order valence-electron chi connectivity index (χ4n) is 4.15. The number of allylic oxidation sites excluding steroid dienone is 2. The fraction of sp³-hybridized carbons (Fsp3) is 0.630. The minimum Gasteiger partial charge on any atom is -0.289 e. The molecule has 2 rings (SSSR count). The smallest absolute Gasteiger partial charge is 0.190 e. The Morgan fingerprint density at radius 3 is 1.93 bits per heavy atom. The van der Waals surface area contributed by atoms with Crippen LogP contribution in [0.2, 0.25) is 0 Å². The molecule has 160 valence electrons. The van der Waals surface area contributed by atoms with Crippen LogP contribution in [0.15, 0.2) is 35.4 Å². The van der Waals surface area contributed by atoms with Gasteiger partial charge in [0, 0.05) is 22.3 Å². The maximum atomic E-state index is 13.0. The summed E-state index contributed by atoms with van der Waals surface area (Å²) in [5.41, 5.74) is 3.08. The maximum absolute atomic E-state index is 13.0. The Labute approximate surface area is 178 Å². The third-order valence-electron chi connectivity index (χ3n) is 7.58. The predicted octanol–water partition coefficient (Wildman–Crippen LogP) is 7.68. The molecular formula is C27H40O2. The summed E-state index contributed by atoms with van der Waals surface area (Å²) >= 11 is 0. The largest absolute Gasteiger partial charge is 0.289 e. The zero-order valence-electron chi connectivity index (χ0n) is 19.8. The number of benzene rings is 1. The van der Waals surface area contributed by atoms with Crippen molar-refractivity contribution in [3.05, 3.63) is 46.5 Å². The molecule has 0 radical (unpaired) electrons. The first-order valence-electron chi connectivity index (χ1n) is 11.2. The van der Waals surface area contributed by atoms with Gasteiger partial charge in [-0.15, -0.1) is 0 Å². The van der Waals surface area contributed by atoms with Gasteiger partial charge in [-0.1, -0.05) is 85.6 Å². The standard InChI is InChI=1S/C27H40O2/c1-18(26(4,5)6)12-11-17-27(7,8)19(2)15-16-21-20(3)24(28)22-13-9-10-14-23(22)25(21)29/h9-10,13-14,18-19H,11-12,15-17H2,1-8H3. The molecule has 0 aliphatic heterocycles. The van der Waals surface area contributed by atoms with Crippen LogP contribution in [0.1, 0.15) is 108 Å². The summed E-state index contributed by atoms with van der Waals surface area (Å²) in [6, 6.07) is 7.21. The van der Waals surface area contributed by atoms with Crippen LogP contribution >= 0.6 is 0 Å². The summed E-state index contributed by atoms with van der Waals surface area (Å²) in [7, 11) is 0. The fourth-order valence-corrected chi connectivity index (χ4v) is 4.15. The van der Waals surface area contributed by atoms with E-state index in [2.05, 4.69) is 48.5 Å². The van der Waals surface area contributed by atoms with E-state index >= 15 is 0 Å². The van der Waals surface area contributed by atoms with E-state index in [1.165, 1.54) is 19.3 Å². The van der Waals surface area contributed by atoms with Crippen molar-refractivity contribution < 1.29 is 9.59 Å². The first-order chi connectivity index (χ1) is 13.4. The quantitative estimate of drug-likeness (QED) is 0.451. The number of hydrogen-bond donors (Lipinski definition) is 0. The summed E-state index contributed by atoms with van der Waals surface area (Å²) in [4.78, 5) is 25.7. The van der Waals surface area contributed by atoms with Gasteiger partial charge in [0.05, 0.1) is 0 Å². The number of Topliss-reactive ketones (excluding diaryl/α,β-unsaturated/α-hetero) is 2. The van der Waals surface area contributed by atoms with Crippen molar-refractivity contribution in [2.45, 2.75) is 87.5 Å². The minimum atomic E-state index is 0.0123. The van der Waals surface area contributed by atoms with Crippen LogP contribution in [-0.2, 0) is 0 Å². The third-order valence-corrected chi connectivity index (χ3v) is 7.58. The van der Waals surface area contributed by atoms with Crippen LogP contribution in [0.25, 0.3) is 0 Å². The second-order valence-electron chi connectivity index (χ2n) is 10.9. The zero-order valence-corrected chi connectivity index (χ0v) is 19.8. The molecule has 2 heteroatoms. The maximum Gasteiger partial charge on any atom is 0.190 e. The van der Waals surface area contributed by atoms with Crippen LogP contribution in [0.3, 0.4) is 0 Å². The van der Waals surface area contributed by atoms with Gasteiger partial charge in [-0.25, -0.2) is 0 Å². The number of hydrogen-bond acceptors (Lipinski definition) is 2. The average Bonchev–Trinajstić information content (AvgIpc) is 2.65. The molecular weight excluding hydrogens is 356 g/mol.